The van der Waals surface area contributed by atoms with E-state index in [4.69, 9.17) is 5.84 Å². The number of pyridine rings is 1. The lowest BCUT2D eigenvalue weighted by Crippen LogP contribution is -2.25. The summed E-state index contributed by atoms with van der Waals surface area (Å²) in [4.78, 5) is 15.8. The van der Waals surface area contributed by atoms with Gasteiger partial charge in [-0.05, 0) is 30.9 Å². The molecule has 17 heavy (non-hydrogen) atoms. The maximum Gasteiger partial charge on any atom is 0.269 e. The molecule has 0 aliphatic heterocycles. The van der Waals surface area contributed by atoms with E-state index < -0.39 is 0 Å². The molecule has 1 amide bonds. The van der Waals surface area contributed by atoms with Crippen LogP contribution in [0, 0.1) is 5.92 Å². The maximum absolute atomic E-state index is 11.7. The molecule has 1 aliphatic rings. The number of anilines is 1. The highest BCUT2D eigenvalue weighted by molar-refractivity contribution is 5.92. The molecule has 1 fully saturated rings. The largest absolute Gasteiger partial charge is 0.351 e. The van der Waals surface area contributed by atoms with Gasteiger partial charge < -0.3 is 10.7 Å². The van der Waals surface area contributed by atoms with Crippen LogP contribution in [0.4, 0.5) is 5.82 Å². The number of nitrogens with zero attached hydrogens (tertiary/aromatic N) is 1. The highest BCUT2D eigenvalue weighted by Gasteiger charge is 2.20. The summed E-state index contributed by atoms with van der Waals surface area (Å²) in [5.41, 5.74) is 2.82. The van der Waals surface area contributed by atoms with Gasteiger partial charge in [-0.1, -0.05) is 18.9 Å². The molecular formula is C12H18N4O. The van der Waals surface area contributed by atoms with Crippen LogP contribution in [-0.2, 0) is 0 Å². The van der Waals surface area contributed by atoms with E-state index in [2.05, 4.69) is 15.7 Å². The van der Waals surface area contributed by atoms with Gasteiger partial charge in [-0.25, -0.2) is 10.8 Å². The van der Waals surface area contributed by atoms with Crippen molar-refractivity contribution in [2.24, 2.45) is 11.8 Å². The fourth-order valence-corrected chi connectivity index (χ4v) is 1.73. The number of carbonyl (C=O) groups is 1. The van der Waals surface area contributed by atoms with E-state index in [1.54, 1.807) is 18.2 Å². The fraction of sp³-hybridized carbons (Fsp3) is 0.500. The molecular weight excluding hydrogens is 216 g/mol. The molecule has 0 radical (unpaired) electrons. The van der Waals surface area contributed by atoms with Gasteiger partial charge in [-0.15, -0.1) is 0 Å². The number of rotatable bonds is 6. The Morgan fingerprint density at radius 3 is 3.00 bits per heavy atom. The minimum absolute atomic E-state index is 0.141. The first-order valence-corrected chi connectivity index (χ1v) is 6.01. The number of nitrogens with two attached hydrogens (primary N) is 1. The molecule has 5 heteroatoms. The number of hydrazine groups is 1. The highest BCUT2D eigenvalue weighted by Crippen LogP contribution is 2.33. The summed E-state index contributed by atoms with van der Waals surface area (Å²) in [5.74, 6) is 6.50. The summed E-state index contributed by atoms with van der Waals surface area (Å²) in [5, 5.41) is 2.86. The summed E-state index contributed by atoms with van der Waals surface area (Å²) in [7, 11) is 0. The van der Waals surface area contributed by atoms with Crippen LogP contribution in [0.2, 0.25) is 0 Å². The number of hydrogen-bond acceptors (Lipinski definition) is 4. The summed E-state index contributed by atoms with van der Waals surface area (Å²) in [6.07, 6.45) is 4.99. The van der Waals surface area contributed by atoms with Crippen LogP contribution in [0.3, 0.4) is 0 Å². The second kappa shape index (κ2) is 5.63. The van der Waals surface area contributed by atoms with Gasteiger partial charge in [0.1, 0.15) is 11.5 Å². The van der Waals surface area contributed by atoms with Gasteiger partial charge >= 0.3 is 0 Å². The first-order chi connectivity index (χ1) is 8.29. The van der Waals surface area contributed by atoms with E-state index in [0.29, 0.717) is 11.5 Å². The summed E-state index contributed by atoms with van der Waals surface area (Å²) in [6, 6.07) is 5.14. The van der Waals surface area contributed by atoms with Crippen molar-refractivity contribution in [1.29, 1.82) is 0 Å². The normalized spacial score (nSPS) is 14.4. The first kappa shape index (κ1) is 11.9. The average molecular weight is 234 g/mol. The Morgan fingerprint density at radius 1 is 1.47 bits per heavy atom. The Morgan fingerprint density at radius 2 is 2.29 bits per heavy atom. The van der Waals surface area contributed by atoms with Crippen molar-refractivity contribution >= 4 is 11.7 Å². The van der Waals surface area contributed by atoms with Crippen molar-refractivity contribution in [3.05, 3.63) is 23.9 Å². The van der Waals surface area contributed by atoms with Crippen LogP contribution in [0.15, 0.2) is 18.2 Å². The van der Waals surface area contributed by atoms with Crippen molar-refractivity contribution in [3.63, 3.8) is 0 Å². The SMILES string of the molecule is NNc1cccc(C(=O)NCCCC2CC2)n1. The molecule has 0 spiro atoms. The lowest BCUT2D eigenvalue weighted by Gasteiger charge is -2.05. The molecule has 4 N–H and O–H groups in total. The second-order valence-corrected chi connectivity index (χ2v) is 4.39. The van der Waals surface area contributed by atoms with E-state index in [0.717, 1.165) is 18.9 Å². The number of nitrogen functional groups attached to an aromatic ring is 1. The summed E-state index contributed by atoms with van der Waals surface area (Å²) >= 11 is 0. The van der Waals surface area contributed by atoms with E-state index in [1.807, 2.05) is 0 Å². The number of amides is 1. The van der Waals surface area contributed by atoms with E-state index in [-0.39, 0.29) is 5.91 Å². The number of hydrogen-bond donors (Lipinski definition) is 3. The van der Waals surface area contributed by atoms with Crippen LogP contribution in [-0.4, -0.2) is 17.4 Å². The van der Waals surface area contributed by atoms with Crippen LogP contribution in [0.1, 0.15) is 36.2 Å². The van der Waals surface area contributed by atoms with E-state index >= 15 is 0 Å². The molecule has 2 rings (SSSR count). The molecule has 0 atom stereocenters. The third kappa shape index (κ3) is 3.71. The molecule has 1 aromatic heterocycles. The standard InChI is InChI=1S/C12H18N4O/c13-16-11-5-1-4-10(15-11)12(17)14-8-2-3-9-6-7-9/h1,4-5,9H,2-3,6-8,13H2,(H,14,17)(H,15,16). The molecule has 0 aromatic carbocycles. The molecule has 0 bridgehead atoms. The zero-order chi connectivity index (χ0) is 12.1. The Balaban J connectivity index is 1.76. The third-order valence-corrected chi connectivity index (χ3v) is 2.90. The predicted molar refractivity (Wildman–Crippen MR) is 66.3 cm³/mol. The van der Waals surface area contributed by atoms with Gasteiger partial charge in [0.2, 0.25) is 0 Å². The second-order valence-electron chi connectivity index (χ2n) is 4.39. The van der Waals surface area contributed by atoms with Crippen LogP contribution in [0.5, 0.6) is 0 Å². The zero-order valence-electron chi connectivity index (χ0n) is 9.78. The molecule has 1 heterocycles. The lowest BCUT2D eigenvalue weighted by atomic mass is 10.2. The maximum atomic E-state index is 11.7. The molecule has 1 aliphatic carbocycles. The van der Waals surface area contributed by atoms with Crippen molar-refractivity contribution in [3.8, 4) is 0 Å². The van der Waals surface area contributed by atoms with Crippen molar-refractivity contribution < 1.29 is 4.79 Å². The molecule has 92 valence electrons. The van der Waals surface area contributed by atoms with Gasteiger partial charge in [0, 0.05) is 6.54 Å². The smallest absolute Gasteiger partial charge is 0.269 e. The van der Waals surface area contributed by atoms with Crippen molar-refractivity contribution in [1.82, 2.24) is 10.3 Å². The topological polar surface area (TPSA) is 80.0 Å². The minimum atomic E-state index is -0.141. The Kier molecular flexibility index (Phi) is 3.93. The molecule has 1 aromatic rings. The molecule has 5 nitrogen and oxygen atoms in total. The Bertz CT molecular complexity index is 390. The van der Waals surface area contributed by atoms with E-state index in [1.165, 1.54) is 19.3 Å². The molecule has 1 saturated carbocycles. The van der Waals surface area contributed by atoms with Gasteiger partial charge in [0.25, 0.3) is 5.91 Å². The van der Waals surface area contributed by atoms with Crippen LogP contribution >= 0.6 is 0 Å². The van der Waals surface area contributed by atoms with Gasteiger partial charge in [0.15, 0.2) is 0 Å². The predicted octanol–water partition coefficient (Wildman–Crippen LogP) is 1.29. The number of carbonyl (C=O) groups excluding carboxylic acids is 1. The Hall–Kier alpha value is -1.62. The van der Waals surface area contributed by atoms with Crippen molar-refractivity contribution in [2.75, 3.05) is 12.0 Å². The van der Waals surface area contributed by atoms with Gasteiger partial charge in [-0.3, -0.25) is 4.79 Å². The summed E-state index contributed by atoms with van der Waals surface area (Å²) < 4.78 is 0. The quantitative estimate of drug-likeness (QED) is 0.393. The van der Waals surface area contributed by atoms with Gasteiger partial charge in [0.05, 0.1) is 0 Å². The molecule has 0 saturated heterocycles. The number of nitrogens with one attached hydrogen (secondary N) is 2. The fourth-order valence-electron chi connectivity index (χ4n) is 1.73. The summed E-state index contributed by atoms with van der Waals surface area (Å²) in [6.45, 7) is 0.720. The zero-order valence-corrected chi connectivity index (χ0v) is 9.78. The lowest BCUT2D eigenvalue weighted by molar-refractivity contribution is 0.0948. The first-order valence-electron chi connectivity index (χ1n) is 6.01. The monoisotopic (exact) mass is 234 g/mol. The van der Waals surface area contributed by atoms with E-state index in [9.17, 15) is 4.79 Å². The number of aromatic nitrogens is 1. The minimum Gasteiger partial charge on any atom is -0.351 e. The van der Waals surface area contributed by atoms with Crippen molar-refractivity contribution in [2.45, 2.75) is 25.7 Å². The molecule has 0 unspecified atom stereocenters. The van der Waals surface area contributed by atoms with Crippen LogP contribution in [0.25, 0.3) is 0 Å². The third-order valence-electron chi connectivity index (χ3n) is 2.90. The average Bonchev–Trinajstić information content (AvgIpc) is 3.18. The highest BCUT2D eigenvalue weighted by atomic mass is 16.1. The Labute approximate surface area is 101 Å². The van der Waals surface area contributed by atoms with Gasteiger partial charge in [-0.2, -0.15) is 0 Å². The van der Waals surface area contributed by atoms with Crippen LogP contribution < -0.4 is 16.6 Å².